The zero-order chi connectivity index (χ0) is 16.4. The fourth-order valence-electron chi connectivity index (χ4n) is 3.15. The van der Waals surface area contributed by atoms with Crippen molar-refractivity contribution in [3.63, 3.8) is 0 Å². The molecule has 124 valence electrons. The van der Waals surface area contributed by atoms with E-state index in [0.717, 1.165) is 25.9 Å². The fourth-order valence-corrected chi connectivity index (χ4v) is 3.68. The number of imidazole rings is 1. The number of hydrogen-bond acceptors (Lipinski definition) is 6. The molecule has 0 aliphatic carbocycles. The Labute approximate surface area is 143 Å². The van der Waals surface area contributed by atoms with E-state index in [0.29, 0.717) is 18.4 Å². The molecule has 0 saturated carbocycles. The Morgan fingerprint density at radius 3 is 3.08 bits per heavy atom. The summed E-state index contributed by atoms with van der Waals surface area (Å²) >= 11 is 1.48. The van der Waals surface area contributed by atoms with Crippen LogP contribution in [0.15, 0.2) is 47.2 Å². The third kappa shape index (κ3) is 3.15. The van der Waals surface area contributed by atoms with Gasteiger partial charge in [0.2, 0.25) is 0 Å². The monoisotopic (exact) mass is 342 g/mol. The fraction of sp³-hybridized carbons (Fsp3) is 0.375. The zero-order valence-electron chi connectivity index (χ0n) is 13.2. The Kier molecular flexibility index (Phi) is 4.22. The standard InChI is InChI=1S/C16H18N6OS/c23-16-4-3-15(21-7-5-17-12-21)19-22(16)10-14-2-1-6-20(14)9-13-8-18-24-11-13/h3-5,7-8,11-12,14H,1-2,6,9-10H2. The summed E-state index contributed by atoms with van der Waals surface area (Å²) in [7, 11) is 0. The van der Waals surface area contributed by atoms with Gasteiger partial charge in [-0.3, -0.25) is 14.3 Å². The zero-order valence-corrected chi connectivity index (χ0v) is 14.0. The van der Waals surface area contributed by atoms with Crippen molar-refractivity contribution in [3.05, 3.63) is 58.3 Å². The molecule has 7 nitrogen and oxygen atoms in total. The molecule has 1 aliphatic rings. The molecule has 4 heterocycles. The lowest BCUT2D eigenvalue weighted by Gasteiger charge is -2.24. The van der Waals surface area contributed by atoms with E-state index in [2.05, 4.69) is 24.7 Å². The summed E-state index contributed by atoms with van der Waals surface area (Å²) in [5, 5.41) is 6.58. The molecule has 0 radical (unpaired) electrons. The predicted molar refractivity (Wildman–Crippen MR) is 91.2 cm³/mol. The molecule has 0 spiro atoms. The maximum atomic E-state index is 12.2. The minimum absolute atomic E-state index is 0.0667. The Balaban J connectivity index is 1.53. The van der Waals surface area contributed by atoms with E-state index in [9.17, 15) is 4.79 Å². The van der Waals surface area contributed by atoms with Crippen LogP contribution in [0.2, 0.25) is 0 Å². The van der Waals surface area contributed by atoms with Crippen LogP contribution in [0.4, 0.5) is 0 Å². The van der Waals surface area contributed by atoms with Gasteiger partial charge in [-0.25, -0.2) is 14.0 Å². The number of rotatable bonds is 5. The van der Waals surface area contributed by atoms with Crippen LogP contribution in [0.25, 0.3) is 5.82 Å². The number of aromatic nitrogens is 5. The number of nitrogens with zero attached hydrogens (tertiary/aromatic N) is 6. The highest BCUT2D eigenvalue weighted by Gasteiger charge is 2.25. The van der Waals surface area contributed by atoms with Gasteiger partial charge in [0.1, 0.15) is 6.33 Å². The summed E-state index contributed by atoms with van der Waals surface area (Å²) in [6.07, 6.45) is 9.36. The van der Waals surface area contributed by atoms with Crippen LogP contribution in [0.1, 0.15) is 18.4 Å². The quantitative estimate of drug-likeness (QED) is 0.704. The van der Waals surface area contributed by atoms with Gasteiger partial charge < -0.3 is 0 Å². The normalized spacial score (nSPS) is 18.2. The maximum Gasteiger partial charge on any atom is 0.266 e. The molecule has 1 saturated heterocycles. The van der Waals surface area contributed by atoms with E-state index in [1.54, 1.807) is 33.9 Å². The first kappa shape index (κ1) is 15.2. The minimum Gasteiger partial charge on any atom is -0.294 e. The summed E-state index contributed by atoms with van der Waals surface area (Å²) in [6.45, 7) is 2.55. The van der Waals surface area contributed by atoms with Gasteiger partial charge in [-0.2, -0.15) is 5.10 Å². The van der Waals surface area contributed by atoms with E-state index in [4.69, 9.17) is 0 Å². The Morgan fingerprint density at radius 1 is 1.33 bits per heavy atom. The van der Waals surface area contributed by atoms with Crippen LogP contribution < -0.4 is 5.56 Å². The molecule has 8 heteroatoms. The van der Waals surface area contributed by atoms with Crippen molar-refractivity contribution < 1.29 is 0 Å². The van der Waals surface area contributed by atoms with Crippen LogP contribution in [0.5, 0.6) is 0 Å². The average molecular weight is 342 g/mol. The highest BCUT2D eigenvalue weighted by atomic mass is 32.1. The molecule has 0 amide bonds. The summed E-state index contributed by atoms with van der Waals surface area (Å²) in [5.74, 6) is 0.707. The first-order valence-electron chi connectivity index (χ1n) is 7.98. The van der Waals surface area contributed by atoms with Crippen molar-refractivity contribution >= 4 is 11.5 Å². The van der Waals surface area contributed by atoms with Crippen LogP contribution in [-0.4, -0.2) is 41.2 Å². The summed E-state index contributed by atoms with van der Waals surface area (Å²) in [4.78, 5) is 18.6. The van der Waals surface area contributed by atoms with E-state index in [1.807, 2.05) is 12.4 Å². The summed E-state index contributed by atoms with van der Waals surface area (Å²) in [6, 6.07) is 3.63. The van der Waals surface area contributed by atoms with Crippen LogP contribution >= 0.6 is 11.5 Å². The van der Waals surface area contributed by atoms with Crippen molar-refractivity contribution in [1.29, 1.82) is 0 Å². The predicted octanol–water partition coefficient (Wildman–Crippen LogP) is 1.55. The third-order valence-electron chi connectivity index (χ3n) is 4.37. The first-order chi connectivity index (χ1) is 11.8. The van der Waals surface area contributed by atoms with Gasteiger partial charge >= 0.3 is 0 Å². The molecule has 3 aromatic heterocycles. The average Bonchev–Trinajstić information content (AvgIpc) is 3.33. The van der Waals surface area contributed by atoms with Crippen LogP contribution in [-0.2, 0) is 13.1 Å². The summed E-state index contributed by atoms with van der Waals surface area (Å²) < 4.78 is 7.54. The van der Waals surface area contributed by atoms with Gasteiger partial charge in [-0.1, -0.05) is 0 Å². The van der Waals surface area contributed by atoms with Crippen molar-refractivity contribution in [3.8, 4) is 5.82 Å². The van der Waals surface area contributed by atoms with Crippen LogP contribution in [0, 0.1) is 0 Å². The molecule has 1 atom stereocenters. The van der Waals surface area contributed by atoms with Gasteiger partial charge in [0.25, 0.3) is 5.56 Å². The topological polar surface area (TPSA) is 68.8 Å². The lowest BCUT2D eigenvalue weighted by molar-refractivity contribution is 0.217. The van der Waals surface area contributed by atoms with Crippen molar-refractivity contribution in [2.75, 3.05) is 6.54 Å². The molecule has 4 rings (SSSR count). The molecule has 1 aliphatic heterocycles. The largest absolute Gasteiger partial charge is 0.294 e. The Hall–Kier alpha value is -2.32. The van der Waals surface area contributed by atoms with E-state index >= 15 is 0 Å². The first-order valence-corrected chi connectivity index (χ1v) is 8.82. The van der Waals surface area contributed by atoms with Crippen LogP contribution in [0.3, 0.4) is 0 Å². The summed E-state index contributed by atoms with van der Waals surface area (Å²) in [5.41, 5.74) is 1.17. The molecule has 0 bridgehead atoms. The van der Waals surface area contributed by atoms with Crippen molar-refractivity contribution in [1.82, 2.24) is 28.6 Å². The SMILES string of the molecule is O=c1ccc(-n2ccnc2)nn1CC1CCCN1Cc1cnsc1. The highest BCUT2D eigenvalue weighted by molar-refractivity contribution is 7.03. The second-order valence-electron chi connectivity index (χ2n) is 5.98. The second kappa shape index (κ2) is 6.66. The van der Waals surface area contributed by atoms with Gasteiger partial charge in [0.05, 0.1) is 6.54 Å². The van der Waals surface area contributed by atoms with Gasteiger partial charge in [0.15, 0.2) is 5.82 Å². The van der Waals surface area contributed by atoms with Gasteiger partial charge in [-0.15, -0.1) is 0 Å². The highest BCUT2D eigenvalue weighted by Crippen LogP contribution is 2.21. The maximum absolute atomic E-state index is 12.2. The lowest BCUT2D eigenvalue weighted by atomic mass is 10.2. The molecule has 24 heavy (non-hydrogen) atoms. The van der Waals surface area contributed by atoms with Crippen molar-refractivity contribution in [2.45, 2.75) is 32.0 Å². The Bertz CT molecular complexity index is 842. The minimum atomic E-state index is -0.0667. The molecule has 0 N–H and O–H groups in total. The lowest BCUT2D eigenvalue weighted by Crippen LogP contribution is -2.36. The van der Waals surface area contributed by atoms with E-state index < -0.39 is 0 Å². The van der Waals surface area contributed by atoms with Gasteiger partial charge in [-0.05, 0) is 42.5 Å². The molecule has 3 aromatic rings. The number of likely N-dealkylation sites (tertiary alicyclic amines) is 1. The van der Waals surface area contributed by atoms with Gasteiger partial charge in [0, 0.05) is 42.6 Å². The molecule has 0 aromatic carbocycles. The molecule has 1 fully saturated rings. The Morgan fingerprint density at radius 2 is 2.29 bits per heavy atom. The molecular weight excluding hydrogens is 324 g/mol. The second-order valence-corrected chi connectivity index (χ2v) is 6.64. The van der Waals surface area contributed by atoms with E-state index in [1.165, 1.54) is 17.1 Å². The molecule has 1 unspecified atom stereocenters. The van der Waals surface area contributed by atoms with Crippen molar-refractivity contribution in [2.24, 2.45) is 0 Å². The number of hydrogen-bond donors (Lipinski definition) is 0. The third-order valence-corrected chi connectivity index (χ3v) is 5.01. The van der Waals surface area contributed by atoms with E-state index in [-0.39, 0.29) is 5.56 Å². The molecular formula is C16H18N6OS. The smallest absolute Gasteiger partial charge is 0.266 e.